The van der Waals surface area contributed by atoms with Crippen LogP contribution in [0, 0.1) is 11.3 Å². The van der Waals surface area contributed by atoms with Crippen molar-refractivity contribution in [2.45, 2.75) is 45.3 Å². The van der Waals surface area contributed by atoms with Crippen LogP contribution in [0.3, 0.4) is 0 Å². The van der Waals surface area contributed by atoms with E-state index in [0.29, 0.717) is 18.9 Å². The molecule has 5 nitrogen and oxygen atoms in total. The summed E-state index contributed by atoms with van der Waals surface area (Å²) in [7, 11) is 0. The van der Waals surface area contributed by atoms with Gasteiger partial charge in [0.15, 0.2) is 0 Å². The molecule has 3 aromatic heterocycles. The zero-order valence-electron chi connectivity index (χ0n) is 15.7. The third-order valence-corrected chi connectivity index (χ3v) is 7.14. The van der Waals surface area contributed by atoms with Crippen molar-refractivity contribution in [2.24, 2.45) is 0 Å². The second-order valence-corrected chi connectivity index (χ2v) is 9.12. The van der Waals surface area contributed by atoms with Crippen LogP contribution in [-0.2, 0) is 32.5 Å². The molecule has 7 heteroatoms. The monoisotopic (exact) mass is 410 g/mol. The number of aryl methyl sites for hydroxylation is 2. The highest BCUT2D eigenvalue weighted by Gasteiger charge is 2.22. The van der Waals surface area contributed by atoms with E-state index in [-0.39, 0.29) is 12.1 Å². The van der Waals surface area contributed by atoms with Crippen molar-refractivity contribution in [3.8, 4) is 6.07 Å². The first-order valence-electron chi connectivity index (χ1n) is 9.47. The van der Waals surface area contributed by atoms with Crippen molar-refractivity contribution in [2.75, 3.05) is 6.54 Å². The molecule has 1 aliphatic carbocycles. The maximum absolute atomic E-state index is 13.3. The molecule has 0 aromatic carbocycles. The number of thiophene rings is 2. The summed E-state index contributed by atoms with van der Waals surface area (Å²) in [6.45, 7) is 5.87. The molecule has 0 bridgehead atoms. The third kappa shape index (κ3) is 3.68. The molecule has 0 unspecified atom stereocenters. The fourth-order valence-corrected chi connectivity index (χ4v) is 5.84. The van der Waals surface area contributed by atoms with Gasteiger partial charge in [-0.3, -0.25) is 14.3 Å². The summed E-state index contributed by atoms with van der Waals surface area (Å²) < 4.78 is 1.56. The molecule has 1 aliphatic rings. The second-order valence-electron chi connectivity index (χ2n) is 7.01. The molecule has 4 rings (SSSR count). The number of hydrogen-bond acceptors (Lipinski definition) is 6. The first kappa shape index (κ1) is 19.1. The molecule has 0 radical (unpaired) electrons. The largest absolute Gasteiger partial charge is 0.287 e. The summed E-state index contributed by atoms with van der Waals surface area (Å²) in [6.07, 6.45) is 6.13. The maximum atomic E-state index is 13.3. The molecule has 0 fully saturated rings. The lowest BCUT2D eigenvalue weighted by molar-refractivity contribution is 0.276. The van der Waals surface area contributed by atoms with Crippen LogP contribution < -0.4 is 5.56 Å². The van der Waals surface area contributed by atoms with E-state index >= 15 is 0 Å². The predicted octanol–water partition coefficient (Wildman–Crippen LogP) is 4.11. The molecule has 0 aliphatic heterocycles. The fourth-order valence-electron chi connectivity index (χ4n) is 3.83. The van der Waals surface area contributed by atoms with Crippen LogP contribution in [0.5, 0.6) is 0 Å². The van der Waals surface area contributed by atoms with Crippen molar-refractivity contribution in [1.82, 2.24) is 14.5 Å². The number of nitriles is 1. The zero-order valence-corrected chi connectivity index (χ0v) is 17.3. The van der Waals surface area contributed by atoms with Crippen LogP contribution in [0.4, 0.5) is 0 Å². The average Bonchev–Trinajstić information content (AvgIpc) is 3.32. The number of fused-ring (bicyclic) bond motifs is 3. The molecule has 0 atom stereocenters. The molecular weight excluding hydrogens is 388 g/mol. The van der Waals surface area contributed by atoms with E-state index < -0.39 is 0 Å². The summed E-state index contributed by atoms with van der Waals surface area (Å²) in [4.78, 5) is 23.7. The Labute approximate surface area is 172 Å². The van der Waals surface area contributed by atoms with E-state index in [4.69, 9.17) is 4.98 Å². The molecule has 0 saturated heterocycles. The Morgan fingerprint density at radius 2 is 2.21 bits per heavy atom. The fraction of sp³-hybridized carbons (Fsp3) is 0.381. The van der Waals surface area contributed by atoms with Crippen molar-refractivity contribution < 1.29 is 0 Å². The minimum absolute atomic E-state index is 0.0304. The van der Waals surface area contributed by atoms with Gasteiger partial charge >= 0.3 is 0 Å². The highest BCUT2D eigenvalue weighted by molar-refractivity contribution is 7.18. The van der Waals surface area contributed by atoms with E-state index in [1.54, 1.807) is 27.2 Å². The van der Waals surface area contributed by atoms with Crippen LogP contribution in [0.2, 0.25) is 0 Å². The van der Waals surface area contributed by atoms with Gasteiger partial charge < -0.3 is 0 Å². The van der Waals surface area contributed by atoms with Crippen LogP contribution in [-0.4, -0.2) is 21.0 Å². The smallest absolute Gasteiger partial charge is 0.263 e. The highest BCUT2D eigenvalue weighted by Crippen LogP contribution is 2.33. The molecule has 0 spiro atoms. The number of hydrogen-bond donors (Lipinski definition) is 0. The van der Waals surface area contributed by atoms with Gasteiger partial charge in [-0.25, -0.2) is 4.98 Å². The van der Waals surface area contributed by atoms with Crippen LogP contribution in [0.1, 0.15) is 34.0 Å². The van der Waals surface area contributed by atoms with Gasteiger partial charge in [-0.15, -0.1) is 29.3 Å². The SMILES string of the molecule is C=CCN(Cc1cccs1)Cc1nc2sc3c(c2c(=O)n1CC#N)CCCC3. The second kappa shape index (κ2) is 8.39. The topological polar surface area (TPSA) is 61.9 Å². The summed E-state index contributed by atoms with van der Waals surface area (Å²) in [5.74, 6) is 0.663. The lowest BCUT2D eigenvalue weighted by atomic mass is 9.97. The van der Waals surface area contributed by atoms with E-state index in [9.17, 15) is 10.1 Å². The number of aromatic nitrogens is 2. The molecule has 0 amide bonds. The average molecular weight is 411 g/mol. The minimum Gasteiger partial charge on any atom is -0.287 e. The van der Waals surface area contributed by atoms with Crippen LogP contribution >= 0.6 is 22.7 Å². The minimum atomic E-state index is -0.0596. The lowest BCUT2D eigenvalue weighted by Gasteiger charge is -2.21. The highest BCUT2D eigenvalue weighted by atomic mass is 32.1. The molecule has 0 saturated carbocycles. The molecule has 0 N–H and O–H groups in total. The predicted molar refractivity (Wildman–Crippen MR) is 115 cm³/mol. The summed E-state index contributed by atoms with van der Waals surface area (Å²) in [5.41, 5.74) is 1.11. The van der Waals surface area contributed by atoms with Gasteiger partial charge in [0.05, 0.1) is 18.0 Å². The normalized spacial score (nSPS) is 13.6. The molecular formula is C21H22N4OS2. The van der Waals surface area contributed by atoms with E-state index in [0.717, 1.165) is 36.0 Å². The van der Waals surface area contributed by atoms with Crippen molar-refractivity contribution >= 4 is 32.9 Å². The van der Waals surface area contributed by atoms with Gasteiger partial charge in [-0.05, 0) is 42.7 Å². The first-order chi connectivity index (χ1) is 13.7. The molecule has 3 aromatic rings. The third-order valence-electron chi connectivity index (χ3n) is 5.09. The van der Waals surface area contributed by atoms with Gasteiger partial charge in [0.2, 0.25) is 0 Å². The Balaban J connectivity index is 1.76. The Hall–Kier alpha value is -2.27. The van der Waals surface area contributed by atoms with E-state index in [1.165, 1.54) is 21.7 Å². The summed E-state index contributed by atoms with van der Waals surface area (Å²) >= 11 is 3.37. The molecule has 144 valence electrons. The standard InChI is InChI=1S/C21H22N4OS2/c1-2-10-24(13-15-6-5-12-27-15)14-18-23-20-19(21(26)25(18)11-9-22)16-7-3-4-8-17(16)28-20/h2,5-6,12H,1,3-4,7-8,10-11,13-14H2. The van der Waals surface area contributed by atoms with Gasteiger partial charge in [-0.1, -0.05) is 12.1 Å². The first-order valence-corrected chi connectivity index (χ1v) is 11.2. The Morgan fingerprint density at radius 1 is 1.36 bits per heavy atom. The number of nitrogens with zero attached hydrogens (tertiary/aromatic N) is 4. The van der Waals surface area contributed by atoms with Gasteiger partial charge in [0.25, 0.3) is 5.56 Å². The van der Waals surface area contributed by atoms with Crippen molar-refractivity contribution in [3.05, 3.63) is 61.7 Å². The van der Waals surface area contributed by atoms with Crippen molar-refractivity contribution in [1.29, 1.82) is 5.26 Å². The summed E-state index contributed by atoms with van der Waals surface area (Å²) in [6, 6.07) is 6.29. The van der Waals surface area contributed by atoms with Gasteiger partial charge in [0.1, 0.15) is 17.2 Å². The van der Waals surface area contributed by atoms with E-state index in [1.807, 2.05) is 12.1 Å². The van der Waals surface area contributed by atoms with E-state index in [2.05, 4.69) is 29.0 Å². The quantitative estimate of drug-likeness (QED) is 0.550. The van der Waals surface area contributed by atoms with Gasteiger partial charge in [-0.2, -0.15) is 5.26 Å². The van der Waals surface area contributed by atoms with Crippen LogP contribution in [0.25, 0.3) is 10.2 Å². The Morgan fingerprint density at radius 3 is 2.96 bits per heavy atom. The Bertz CT molecular complexity index is 1090. The van der Waals surface area contributed by atoms with Crippen molar-refractivity contribution in [3.63, 3.8) is 0 Å². The molecule has 28 heavy (non-hydrogen) atoms. The van der Waals surface area contributed by atoms with Gasteiger partial charge in [0, 0.05) is 22.8 Å². The number of rotatable bonds is 7. The summed E-state index contributed by atoms with van der Waals surface area (Å²) in [5, 5.41) is 12.1. The Kier molecular flexibility index (Phi) is 5.72. The molecule has 3 heterocycles. The maximum Gasteiger partial charge on any atom is 0.263 e. The zero-order chi connectivity index (χ0) is 19.5. The lowest BCUT2D eigenvalue weighted by Crippen LogP contribution is -2.31. The van der Waals surface area contributed by atoms with Crippen LogP contribution in [0.15, 0.2) is 35.0 Å².